The smallest absolute Gasteiger partial charge is 0.0714 e. The summed E-state index contributed by atoms with van der Waals surface area (Å²) in [6.45, 7) is 4.74. The Hall–Kier alpha value is -7.52. The molecule has 2 aliphatic rings. The molecule has 2 heteroatoms. The second-order valence-corrected chi connectivity index (χ2v) is 19.0. The Morgan fingerprint density at radius 3 is 1.78 bits per heavy atom. The largest absolute Gasteiger partial charge is 0.308 e. The van der Waals surface area contributed by atoms with Crippen molar-refractivity contribution >= 4 is 59.3 Å². The molecule has 1 nitrogen and oxygen atoms in total. The van der Waals surface area contributed by atoms with E-state index in [0.29, 0.717) is 0 Å². The van der Waals surface area contributed by atoms with Crippen molar-refractivity contribution in [1.82, 2.24) is 0 Å². The van der Waals surface area contributed by atoms with Crippen molar-refractivity contribution in [2.24, 2.45) is 0 Å². The molecule has 0 spiro atoms. The Morgan fingerprint density at radius 2 is 0.969 bits per heavy atom. The number of hydrogen-bond acceptors (Lipinski definition) is 2. The summed E-state index contributed by atoms with van der Waals surface area (Å²) in [7, 11) is 0. The standard InChI is InChI=1S/C62H43NS/c1-61(2)52-29-13-11-26-47(52)48-36-35-42(39-55(48)61)41-19-15-24-45(38-41)63(57-33-16-28-49-50-37-34-40-18-9-10-25-46(40)59(50)64-60(49)57)56-32-17-31-54-58(56)51-27-12-14-30-53(51)62(54,43-20-5-3-6-21-43)44-22-7-4-8-23-44/h3-39H,1-2H3. The molecular formula is C62H43NS. The van der Waals surface area contributed by atoms with Crippen LogP contribution < -0.4 is 4.90 Å². The number of fused-ring (bicyclic) bond motifs is 11. The molecule has 0 aliphatic heterocycles. The third-order valence-electron chi connectivity index (χ3n) is 14.3. The van der Waals surface area contributed by atoms with E-state index in [0.717, 1.165) is 11.4 Å². The number of anilines is 3. The second-order valence-electron chi connectivity index (χ2n) is 18.0. The molecule has 0 N–H and O–H groups in total. The van der Waals surface area contributed by atoms with Crippen LogP contribution in [0.5, 0.6) is 0 Å². The predicted octanol–water partition coefficient (Wildman–Crippen LogP) is 17.0. The molecule has 10 aromatic carbocycles. The van der Waals surface area contributed by atoms with E-state index in [1.54, 1.807) is 0 Å². The molecule has 0 unspecified atom stereocenters. The van der Waals surface area contributed by atoms with Crippen molar-refractivity contribution in [2.75, 3.05) is 4.90 Å². The summed E-state index contributed by atoms with van der Waals surface area (Å²) in [6, 6.07) is 84.0. The minimum Gasteiger partial charge on any atom is -0.308 e. The fourth-order valence-corrected chi connectivity index (χ4v) is 12.8. The number of hydrogen-bond donors (Lipinski definition) is 0. The second kappa shape index (κ2) is 14.0. The van der Waals surface area contributed by atoms with Gasteiger partial charge in [0.2, 0.25) is 0 Å². The Kier molecular flexibility index (Phi) is 8.11. The number of benzene rings is 10. The van der Waals surface area contributed by atoms with Gasteiger partial charge in [-0.15, -0.1) is 11.3 Å². The van der Waals surface area contributed by atoms with Crippen LogP contribution in [0, 0.1) is 0 Å². The van der Waals surface area contributed by atoms with Gasteiger partial charge in [-0.25, -0.2) is 0 Å². The number of rotatable bonds is 6. The molecule has 302 valence electrons. The van der Waals surface area contributed by atoms with E-state index in [4.69, 9.17) is 0 Å². The van der Waals surface area contributed by atoms with Crippen LogP contribution in [0.25, 0.3) is 64.3 Å². The van der Waals surface area contributed by atoms with E-state index < -0.39 is 5.41 Å². The highest BCUT2D eigenvalue weighted by Crippen LogP contribution is 2.60. The lowest BCUT2D eigenvalue weighted by molar-refractivity contribution is 0.660. The highest BCUT2D eigenvalue weighted by atomic mass is 32.1. The quantitative estimate of drug-likeness (QED) is 0.161. The first-order valence-electron chi connectivity index (χ1n) is 22.3. The molecule has 1 heterocycles. The molecule has 1 aromatic heterocycles. The first-order chi connectivity index (χ1) is 31.5. The van der Waals surface area contributed by atoms with E-state index in [1.807, 2.05) is 11.3 Å². The molecule has 0 saturated heterocycles. The molecule has 64 heavy (non-hydrogen) atoms. The van der Waals surface area contributed by atoms with Crippen molar-refractivity contribution < 1.29 is 0 Å². The van der Waals surface area contributed by atoms with Gasteiger partial charge in [-0.2, -0.15) is 0 Å². The lowest BCUT2D eigenvalue weighted by Crippen LogP contribution is -2.28. The van der Waals surface area contributed by atoms with E-state index in [-0.39, 0.29) is 5.41 Å². The summed E-state index contributed by atoms with van der Waals surface area (Å²) < 4.78 is 2.60. The fraction of sp³-hybridized carbons (Fsp3) is 0.0645. The fourth-order valence-electron chi connectivity index (χ4n) is 11.5. The third-order valence-corrected chi connectivity index (χ3v) is 15.6. The Balaban J connectivity index is 1.09. The normalized spacial score (nSPS) is 14.0. The first kappa shape index (κ1) is 37.1. The van der Waals surface area contributed by atoms with Gasteiger partial charge >= 0.3 is 0 Å². The van der Waals surface area contributed by atoms with Crippen LogP contribution in [-0.4, -0.2) is 0 Å². The van der Waals surface area contributed by atoms with Gasteiger partial charge in [0.25, 0.3) is 0 Å². The molecule has 2 aliphatic carbocycles. The van der Waals surface area contributed by atoms with Gasteiger partial charge in [-0.05, 0) is 102 Å². The Morgan fingerprint density at radius 1 is 0.375 bits per heavy atom. The summed E-state index contributed by atoms with van der Waals surface area (Å²) in [6.07, 6.45) is 0. The Labute approximate surface area is 378 Å². The van der Waals surface area contributed by atoms with E-state index in [2.05, 4.69) is 243 Å². The van der Waals surface area contributed by atoms with Crippen LogP contribution in [-0.2, 0) is 10.8 Å². The summed E-state index contributed by atoms with van der Waals surface area (Å²) in [5.74, 6) is 0. The molecule has 0 radical (unpaired) electrons. The lowest BCUT2D eigenvalue weighted by atomic mass is 9.68. The predicted molar refractivity (Wildman–Crippen MR) is 272 cm³/mol. The Bertz CT molecular complexity index is 3610. The molecule has 0 atom stereocenters. The minimum atomic E-state index is -0.519. The summed E-state index contributed by atoms with van der Waals surface area (Å²) in [5.41, 5.74) is 18.4. The van der Waals surface area contributed by atoms with Gasteiger partial charge in [0.05, 0.1) is 21.5 Å². The number of thiophene rings is 1. The van der Waals surface area contributed by atoms with E-state index in [9.17, 15) is 0 Å². The molecule has 0 amide bonds. The first-order valence-corrected chi connectivity index (χ1v) is 23.2. The van der Waals surface area contributed by atoms with Crippen LogP contribution in [0.1, 0.15) is 47.2 Å². The zero-order valence-corrected chi connectivity index (χ0v) is 36.5. The van der Waals surface area contributed by atoms with E-state index >= 15 is 0 Å². The van der Waals surface area contributed by atoms with Crippen LogP contribution in [0.15, 0.2) is 224 Å². The van der Waals surface area contributed by atoms with Crippen LogP contribution in [0.3, 0.4) is 0 Å². The minimum absolute atomic E-state index is 0.0887. The maximum Gasteiger partial charge on any atom is 0.0714 e. The monoisotopic (exact) mass is 833 g/mol. The summed E-state index contributed by atoms with van der Waals surface area (Å²) in [5, 5.41) is 5.14. The third kappa shape index (κ3) is 5.18. The molecule has 0 fully saturated rings. The topological polar surface area (TPSA) is 3.24 Å². The van der Waals surface area contributed by atoms with Gasteiger partial charge in [-0.1, -0.05) is 208 Å². The lowest BCUT2D eigenvalue weighted by Gasteiger charge is -2.34. The SMILES string of the molecule is CC1(C)c2ccccc2-c2ccc(-c3cccc(N(c4cccc5c4-c4ccccc4C5(c4ccccc4)c4ccccc4)c4cccc5c4sc4c6ccccc6ccc54)c3)cc21. The van der Waals surface area contributed by atoms with E-state index in [1.165, 1.54) is 103 Å². The number of nitrogens with zero attached hydrogens (tertiary/aromatic N) is 1. The van der Waals surface area contributed by atoms with Gasteiger partial charge in [-0.3, -0.25) is 0 Å². The highest BCUT2D eigenvalue weighted by Gasteiger charge is 2.47. The maximum atomic E-state index is 2.57. The summed E-state index contributed by atoms with van der Waals surface area (Å²) >= 11 is 1.91. The average Bonchev–Trinajstić information content (AvgIpc) is 3.97. The van der Waals surface area contributed by atoms with Crippen molar-refractivity contribution in [3.8, 4) is 33.4 Å². The zero-order chi connectivity index (χ0) is 42.6. The zero-order valence-electron chi connectivity index (χ0n) is 35.7. The van der Waals surface area contributed by atoms with Crippen molar-refractivity contribution in [1.29, 1.82) is 0 Å². The molecule has 0 bridgehead atoms. The van der Waals surface area contributed by atoms with Crippen LogP contribution in [0.2, 0.25) is 0 Å². The van der Waals surface area contributed by atoms with Gasteiger partial charge in [0.1, 0.15) is 0 Å². The molecule has 11 aromatic rings. The van der Waals surface area contributed by atoms with Crippen molar-refractivity contribution in [3.05, 3.63) is 258 Å². The van der Waals surface area contributed by atoms with Crippen LogP contribution >= 0.6 is 11.3 Å². The van der Waals surface area contributed by atoms with Crippen molar-refractivity contribution in [3.63, 3.8) is 0 Å². The highest BCUT2D eigenvalue weighted by molar-refractivity contribution is 7.27. The van der Waals surface area contributed by atoms with Gasteiger partial charge in [0, 0.05) is 32.1 Å². The molecular weight excluding hydrogens is 791 g/mol. The van der Waals surface area contributed by atoms with Crippen molar-refractivity contribution in [2.45, 2.75) is 24.7 Å². The molecule has 13 rings (SSSR count). The summed E-state index contributed by atoms with van der Waals surface area (Å²) in [4.78, 5) is 2.57. The van der Waals surface area contributed by atoms with Crippen LogP contribution in [0.4, 0.5) is 17.1 Å². The van der Waals surface area contributed by atoms with Gasteiger partial charge < -0.3 is 4.90 Å². The average molecular weight is 834 g/mol. The van der Waals surface area contributed by atoms with Gasteiger partial charge in [0.15, 0.2) is 0 Å². The maximum absolute atomic E-state index is 2.57. The molecule has 0 saturated carbocycles.